The quantitative estimate of drug-likeness (QED) is 0.471. The first kappa shape index (κ1) is 12.1. The molecule has 3 N–H and O–H groups in total. The van der Waals surface area contributed by atoms with Crippen LogP contribution in [0.1, 0.15) is 6.42 Å². The van der Waals surface area contributed by atoms with E-state index in [1.54, 1.807) is 0 Å². The average Bonchev–Trinajstić information content (AvgIpc) is 2.09. The average molecular weight is 230 g/mol. The molecule has 8 heteroatoms. The molecule has 1 unspecified atom stereocenters. The molecular formula is C8H10N2O6. The van der Waals surface area contributed by atoms with E-state index in [0.29, 0.717) is 0 Å². The van der Waals surface area contributed by atoms with Crippen LogP contribution in [0.15, 0.2) is 0 Å². The predicted molar refractivity (Wildman–Crippen MR) is 48.4 cm³/mol. The maximum absolute atomic E-state index is 11.3. The molecule has 2 amide bonds. The number of piperazine rings is 1. The number of imide groups is 1. The Bertz CT molecular complexity index is 350. The summed E-state index contributed by atoms with van der Waals surface area (Å²) in [5.41, 5.74) is 0. The van der Waals surface area contributed by atoms with Crippen molar-refractivity contribution in [3.63, 3.8) is 0 Å². The van der Waals surface area contributed by atoms with Gasteiger partial charge in [-0.1, -0.05) is 0 Å². The van der Waals surface area contributed by atoms with Gasteiger partial charge in [0.05, 0.1) is 19.5 Å². The number of hydrogen-bond donors (Lipinski definition) is 3. The summed E-state index contributed by atoms with van der Waals surface area (Å²) in [6, 6.07) is -1.12. The number of hydrogen-bond acceptors (Lipinski definition) is 5. The number of amides is 2. The Morgan fingerprint density at radius 3 is 2.44 bits per heavy atom. The standard InChI is InChI=1S/C8H10N2O6/c11-5-2-10(3-7(14)15)4(1-6(12)13)8(16)9-5/h4H,1-3H2,(H,12,13)(H,14,15)(H,9,11,16). The van der Waals surface area contributed by atoms with Crippen molar-refractivity contribution in [2.75, 3.05) is 13.1 Å². The molecule has 16 heavy (non-hydrogen) atoms. The van der Waals surface area contributed by atoms with Gasteiger partial charge in [-0.2, -0.15) is 0 Å². The summed E-state index contributed by atoms with van der Waals surface area (Å²) in [4.78, 5) is 44.3. The fourth-order valence-corrected chi connectivity index (χ4v) is 1.45. The Hall–Kier alpha value is -1.96. The van der Waals surface area contributed by atoms with E-state index in [4.69, 9.17) is 10.2 Å². The van der Waals surface area contributed by atoms with Gasteiger partial charge in [-0.15, -0.1) is 0 Å². The smallest absolute Gasteiger partial charge is 0.317 e. The van der Waals surface area contributed by atoms with Gasteiger partial charge in [0, 0.05) is 0 Å². The zero-order valence-corrected chi connectivity index (χ0v) is 8.17. The zero-order valence-electron chi connectivity index (χ0n) is 8.17. The van der Waals surface area contributed by atoms with Crippen molar-refractivity contribution in [2.24, 2.45) is 0 Å². The number of nitrogens with zero attached hydrogens (tertiary/aromatic N) is 1. The third-order valence-corrected chi connectivity index (χ3v) is 2.06. The molecule has 1 rings (SSSR count). The number of carbonyl (C=O) groups excluding carboxylic acids is 2. The van der Waals surface area contributed by atoms with Crippen LogP contribution in [0.2, 0.25) is 0 Å². The molecule has 1 heterocycles. The van der Waals surface area contributed by atoms with E-state index >= 15 is 0 Å². The number of nitrogens with one attached hydrogen (secondary N) is 1. The Balaban J connectivity index is 2.79. The fraction of sp³-hybridized carbons (Fsp3) is 0.500. The molecule has 1 aliphatic heterocycles. The highest BCUT2D eigenvalue weighted by Gasteiger charge is 2.36. The topological polar surface area (TPSA) is 124 Å². The maximum atomic E-state index is 11.3. The molecule has 0 saturated carbocycles. The second-order valence-corrected chi connectivity index (χ2v) is 3.32. The van der Waals surface area contributed by atoms with Gasteiger partial charge in [-0.25, -0.2) is 0 Å². The van der Waals surface area contributed by atoms with E-state index < -0.39 is 42.8 Å². The zero-order chi connectivity index (χ0) is 12.3. The summed E-state index contributed by atoms with van der Waals surface area (Å²) in [5.74, 6) is -3.87. The first-order chi connectivity index (χ1) is 7.40. The molecule has 0 radical (unpaired) electrons. The molecular weight excluding hydrogens is 220 g/mol. The van der Waals surface area contributed by atoms with Crippen molar-refractivity contribution in [3.05, 3.63) is 0 Å². The highest BCUT2D eigenvalue weighted by atomic mass is 16.4. The Morgan fingerprint density at radius 2 is 1.94 bits per heavy atom. The van der Waals surface area contributed by atoms with Gasteiger partial charge in [-0.3, -0.25) is 29.4 Å². The van der Waals surface area contributed by atoms with Gasteiger partial charge in [0.2, 0.25) is 11.8 Å². The number of carboxylic acid groups (broad SMARTS) is 2. The third-order valence-electron chi connectivity index (χ3n) is 2.06. The van der Waals surface area contributed by atoms with E-state index in [1.807, 2.05) is 5.32 Å². The lowest BCUT2D eigenvalue weighted by Crippen LogP contribution is -2.59. The minimum atomic E-state index is -1.23. The molecule has 0 aromatic rings. The van der Waals surface area contributed by atoms with Crippen molar-refractivity contribution in [3.8, 4) is 0 Å². The number of aliphatic carboxylic acids is 2. The summed E-state index contributed by atoms with van der Waals surface area (Å²) in [6.07, 6.45) is -0.535. The van der Waals surface area contributed by atoms with E-state index in [9.17, 15) is 19.2 Å². The maximum Gasteiger partial charge on any atom is 0.317 e. The second kappa shape index (κ2) is 4.71. The van der Waals surface area contributed by atoms with Crippen LogP contribution in [0, 0.1) is 0 Å². The van der Waals surface area contributed by atoms with Crippen LogP contribution in [0.5, 0.6) is 0 Å². The van der Waals surface area contributed by atoms with E-state index in [2.05, 4.69) is 0 Å². The van der Waals surface area contributed by atoms with Crippen LogP contribution in [0.4, 0.5) is 0 Å². The Morgan fingerprint density at radius 1 is 1.31 bits per heavy atom. The van der Waals surface area contributed by atoms with Gasteiger partial charge in [0.25, 0.3) is 0 Å². The molecule has 88 valence electrons. The third kappa shape index (κ3) is 3.02. The van der Waals surface area contributed by atoms with Crippen LogP contribution in [-0.2, 0) is 19.2 Å². The molecule has 0 aromatic heterocycles. The van der Waals surface area contributed by atoms with Crippen molar-refractivity contribution in [1.82, 2.24) is 10.2 Å². The fourth-order valence-electron chi connectivity index (χ4n) is 1.45. The van der Waals surface area contributed by atoms with Crippen molar-refractivity contribution in [1.29, 1.82) is 0 Å². The highest BCUT2D eigenvalue weighted by Crippen LogP contribution is 2.09. The largest absolute Gasteiger partial charge is 0.481 e. The van der Waals surface area contributed by atoms with Gasteiger partial charge in [0.1, 0.15) is 6.04 Å². The van der Waals surface area contributed by atoms with Crippen molar-refractivity contribution < 1.29 is 29.4 Å². The molecule has 1 fully saturated rings. The van der Waals surface area contributed by atoms with Crippen LogP contribution >= 0.6 is 0 Å². The van der Waals surface area contributed by atoms with E-state index in [-0.39, 0.29) is 6.54 Å². The summed E-state index contributed by atoms with van der Waals surface area (Å²) in [6.45, 7) is -0.840. The molecule has 8 nitrogen and oxygen atoms in total. The summed E-state index contributed by atoms with van der Waals surface area (Å²) >= 11 is 0. The summed E-state index contributed by atoms with van der Waals surface area (Å²) in [7, 11) is 0. The number of carbonyl (C=O) groups is 4. The number of carboxylic acids is 2. The van der Waals surface area contributed by atoms with E-state index in [1.165, 1.54) is 0 Å². The molecule has 1 saturated heterocycles. The first-order valence-corrected chi connectivity index (χ1v) is 4.41. The lowest BCUT2D eigenvalue weighted by atomic mass is 10.1. The SMILES string of the molecule is O=C(O)CC1C(=O)NC(=O)CN1CC(=O)O. The Kier molecular flexibility index (Phi) is 3.56. The van der Waals surface area contributed by atoms with Crippen molar-refractivity contribution in [2.45, 2.75) is 12.5 Å². The van der Waals surface area contributed by atoms with Crippen LogP contribution in [0.3, 0.4) is 0 Å². The van der Waals surface area contributed by atoms with Gasteiger partial charge in [-0.05, 0) is 0 Å². The summed E-state index contributed by atoms with van der Waals surface area (Å²) in [5, 5.41) is 19.1. The first-order valence-electron chi connectivity index (χ1n) is 4.41. The monoisotopic (exact) mass is 230 g/mol. The van der Waals surface area contributed by atoms with Crippen molar-refractivity contribution >= 4 is 23.8 Å². The molecule has 1 atom stereocenters. The van der Waals surface area contributed by atoms with Crippen LogP contribution in [-0.4, -0.2) is 58.0 Å². The van der Waals surface area contributed by atoms with Gasteiger partial charge < -0.3 is 10.2 Å². The second-order valence-electron chi connectivity index (χ2n) is 3.32. The van der Waals surface area contributed by atoms with Gasteiger partial charge in [0.15, 0.2) is 0 Å². The van der Waals surface area contributed by atoms with Crippen LogP contribution < -0.4 is 5.32 Å². The molecule has 0 aromatic carbocycles. The van der Waals surface area contributed by atoms with Gasteiger partial charge >= 0.3 is 11.9 Å². The lowest BCUT2D eigenvalue weighted by molar-refractivity contribution is -0.150. The number of rotatable bonds is 4. The normalized spacial score (nSPS) is 21.6. The Labute approximate surface area is 89.8 Å². The molecule has 0 spiro atoms. The summed E-state index contributed by atoms with van der Waals surface area (Å²) < 4.78 is 0. The van der Waals surface area contributed by atoms with E-state index in [0.717, 1.165) is 4.90 Å². The molecule has 0 aliphatic carbocycles. The lowest BCUT2D eigenvalue weighted by Gasteiger charge is -2.31. The predicted octanol–water partition coefficient (Wildman–Crippen LogP) is -2.13. The highest BCUT2D eigenvalue weighted by molar-refractivity contribution is 6.02. The minimum Gasteiger partial charge on any atom is -0.481 e. The molecule has 0 bridgehead atoms. The minimum absolute atomic E-state index is 0.296. The van der Waals surface area contributed by atoms with Crippen LogP contribution in [0.25, 0.3) is 0 Å². The molecule has 1 aliphatic rings.